The van der Waals surface area contributed by atoms with E-state index >= 15 is 0 Å². The minimum Gasteiger partial charge on any atom is -0.369 e. The molecule has 0 spiro atoms. The molecule has 0 heterocycles. The van der Waals surface area contributed by atoms with Crippen LogP contribution in [0, 0.1) is 11.8 Å². The largest absolute Gasteiger partial charge is 0.369 e. The lowest BCUT2D eigenvalue weighted by Crippen LogP contribution is -2.39. The minimum atomic E-state index is -3.20. The Bertz CT molecular complexity index is 344. The zero-order chi connectivity index (χ0) is 13.1. The van der Waals surface area contributed by atoms with Crippen LogP contribution in [0.2, 0.25) is 0 Å². The van der Waals surface area contributed by atoms with Gasteiger partial charge in [-0.15, -0.1) is 0 Å². The van der Waals surface area contributed by atoms with Crippen LogP contribution in [0.5, 0.6) is 0 Å². The first-order chi connectivity index (χ1) is 7.02. The van der Waals surface area contributed by atoms with Gasteiger partial charge in [0.15, 0.2) is 9.84 Å². The smallest absolute Gasteiger partial charge is 0.220 e. The molecule has 0 aromatic rings. The topological polar surface area (TPSA) is 77.2 Å². The third-order valence-corrected chi connectivity index (χ3v) is 6.34. The van der Waals surface area contributed by atoms with Crippen LogP contribution in [0.1, 0.15) is 41.0 Å². The van der Waals surface area contributed by atoms with Gasteiger partial charge in [-0.3, -0.25) is 4.79 Å². The number of carbonyl (C=O) groups is 1. The van der Waals surface area contributed by atoms with Crippen molar-refractivity contribution in [1.82, 2.24) is 0 Å². The van der Waals surface area contributed by atoms with Crippen LogP contribution in [0.4, 0.5) is 0 Å². The summed E-state index contributed by atoms with van der Waals surface area (Å²) in [5.74, 6) is -0.779. The molecular weight excluding hydrogens is 226 g/mol. The molecule has 4 nitrogen and oxygen atoms in total. The van der Waals surface area contributed by atoms with Gasteiger partial charge in [-0.05, 0) is 26.2 Å². The first kappa shape index (κ1) is 15.4. The van der Waals surface area contributed by atoms with Gasteiger partial charge in [0.2, 0.25) is 5.91 Å². The average Bonchev–Trinajstić information content (AvgIpc) is 2.13. The highest BCUT2D eigenvalue weighted by Crippen LogP contribution is 2.27. The number of amides is 1. The minimum absolute atomic E-state index is 0.0162. The van der Waals surface area contributed by atoms with Crippen LogP contribution in [-0.2, 0) is 14.6 Å². The van der Waals surface area contributed by atoms with E-state index in [4.69, 9.17) is 5.73 Å². The number of hydrogen-bond donors (Lipinski definition) is 1. The Hall–Kier alpha value is -0.580. The molecule has 1 atom stereocenters. The van der Waals surface area contributed by atoms with E-state index in [9.17, 15) is 13.2 Å². The van der Waals surface area contributed by atoms with Crippen molar-refractivity contribution in [2.75, 3.05) is 5.75 Å². The molecule has 1 unspecified atom stereocenters. The Kier molecular flexibility index (Phi) is 4.98. The summed E-state index contributed by atoms with van der Waals surface area (Å²) in [5.41, 5.74) is 5.10. The number of primary amides is 1. The second-order valence-electron chi connectivity index (χ2n) is 5.17. The SMILES string of the molecule is CC(CCS(=O)(=O)C(C)(C)C(C)C)C(N)=O. The molecule has 0 saturated carbocycles. The standard InChI is InChI=1S/C11H23NO3S/c1-8(2)11(4,5)16(14,15)7-6-9(3)10(12)13/h8-9H,6-7H2,1-5H3,(H2,12,13). The Balaban J connectivity index is 4.66. The molecule has 96 valence electrons. The van der Waals surface area contributed by atoms with Gasteiger partial charge in [0.25, 0.3) is 0 Å². The van der Waals surface area contributed by atoms with E-state index < -0.39 is 26.4 Å². The summed E-state index contributed by atoms with van der Waals surface area (Å²) in [6.45, 7) is 8.87. The molecule has 0 aliphatic heterocycles. The Morgan fingerprint density at radius 1 is 1.25 bits per heavy atom. The van der Waals surface area contributed by atoms with E-state index in [1.54, 1.807) is 20.8 Å². The molecule has 0 aromatic heterocycles. The van der Waals surface area contributed by atoms with Gasteiger partial charge in [-0.25, -0.2) is 8.42 Å². The van der Waals surface area contributed by atoms with Crippen molar-refractivity contribution < 1.29 is 13.2 Å². The lowest BCUT2D eigenvalue weighted by atomic mass is 10.00. The predicted octanol–water partition coefficient (Wildman–Crippen LogP) is 1.35. The summed E-state index contributed by atoms with van der Waals surface area (Å²) < 4.78 is 23.4. The fourth-order valence-corrected chi connectivity index (χ4v) is 3.00. The molecule has 0 bridgehead atoms. The Morgan fingerprint density at radius 3 is 2.00 bits per heavy atom. The second kappa shape index (κ2) is 5.17. The third kappa shape index (κ3) is 3.47. The van der Waals surface area contributed by atoms with Crippen molar-refractivity contribution in [3.63, 3.8) is 0 Å². The quantitative estimate of drug-likeness (QED) is 0.771. The van der Waals surface area contributed by atoms with Crippen LogP contribution >= 0.6 is 0 Å². The molecule has 0 rings (SSSR count). The normalized spacial score (nSPS) is 15.1. The number of rotatable bonds is 6. The maximum Gasteiger partial charge on any atom is 0.220 e. The molecule has 0 aromatic carbocycles. The summed E-state index contributed by atoms with van der Waals surface area (Å²) in [5, 5.41) is 0. The summed E-state index contributed by atoms with van der Waals surface area (Å²) in [6.07, 6.45) is 0.299. The van der Waals surface area contributed by atoms with Crippen LogP contribution in [0.3, 0.4) is 0 Å². The van der Waals surface area contributed by atoms with Crippen molar-refractivity contribution in [3.05, 3.63) is 0 Å². The van der Waals surface area contributed by atoms with Crippen molar-refractivity contribution in [2.45, 2.75) is 45.8 Å². The van der Waals surface area contributed by atoms with E-state index in [2.05, 4.69) is 0 Å². The summed E-state index contributed by atoms with van der Waals surface area (Å²) >= 11 is 0. The average molecular weight is 249 g/mol. The Morgan fingerprint density at radius 2 is 1.69 bits per heavy atom. The van der Waals surface area contributed by atoms with E-state index in [1.165, 1.54) is 0 Å². The van der Waals surface area contributed by atoms with Crippen molar-refractivity contribution >= 4 is 15.7 Å². The molecule has 2 N–H and O–H groups in total. The molecule has 1 amide bonds. The third-order valence-electron chi connectivity index (χ3n) is 3.50. The van der Waals surface area contributed by atoms with E-state index in [0.717, 1.165) is 0 Å². The summed E-state index contributed by atoms with van der Waals surface area (Å²) in [7, 11) is -3.20. The van der Waals surface area contributed by atoms with Crippen LogP contribution in [0.15, 0.2) is 0 Å². The van der Waals surface area contributed by atoms with Gasteiger partial charge < -0.3 is 5.73 Å². The van der Waals surface area contributed by atoms with E-state index in [-0.39, 0.29) is 11.7 Å². The van der Waals surface area contributed by atoms with Gasteiger partial charge in [-0.2, -0.15) is 0 Å². The number of sulfone groups is 1. The highest BCUT2D eigenvalue weighted by Gasteiger charge is 2.37. The highest BCUT2D eigenvalue weighted by atomic mass is 32.2. The highest BCUT2D eigenvalue weighted by molar-refractivity contribution is 7.92. The molecule has 16 heavy (non-hydrogen) atoms. The molecule has 0 saturated heterocycles. The monoisotopic (exact) mass is 249 g/mol. The number of nitrogens with two attached hydrogens (primary N) is 1. The van der Waals surface area contributed by atoms with Gasteiger partial charge >= 0.3 is 0 Å². The molecule has 0 aliphatic carbocycles. The van der Waals surface area contributed by atoms with Crippen molar-refractivity contribution in [1.29, 1.82) is 0 Å². The first-order valence-electron chi connectivity index (χ1n) is 5.54. The summed E-state index contributed by atoms with van der Waals surface area (Å²) in [6, 6.07) is 0. The first-order valence-corrected chi connectivity index (χ1v) is 7.19. The van der Waals surface area contributed by atoms with Gasteiger partial charge in [0.05, 0.1) is 10.5 Å². The van der Waals surface area contributed by atoms with Crippen LogP contribution < -0.4 is 5.73 Å². The zero-order valence-electron chi connectivity index (χ0n) is 10.8. The maximum absolute atomic E-state index is 12.1. The van der Waals surface area contributed by atoms with Gasteiger partial charge in [0.1, 0.15) is 0 Å². The molecule has 5 heteroatoms. The number of carbonyl (C=O) groups excluding carboxylic acids is 1. The predicted molar refractivity (Wildman–Crippen MR) is 65.7 cm³/mol. The molecule has 0 aliphatic rings. The lowest BCUT2D eigenvalue weighted by molar-refractivity contribution is -0.121. The zero-order valence-corrected chi connectivity index (χ0v) is 11.6. The lowest BCUT2D eigenvalue weighted by Gasteiger charge is -2.29. The van der Waals surface area contributed by atoms with E-state index in [0.29, 0.717) is 6.42 Å². The fourth-order valence-electron chi connectivity index (χ4n) is 1.10. The molecular formula is C11H23NO3S. The van der Waals surface area contributed by atoms with Crippen molar-refractivity contribution in [3.8, 4) is 0 Å². The summed E-state index contributed by atoms with van der Waals surface area (Å²) in [4.78, 5) is 10.8. The van der Waals surface area contributed by atoms with Crippen LogP contribution in [-0.4, -0.2) is 24.8 Å². The molecule has 0 fully saturated rings. The van der Waals surface area contributed by atoms with Crippen molar-refractivity contribution in [2.24, 2.45) is 17.6 Å². The second-order valence-corrected chi connectivity index (χ2v) is 7.86. The molecule has 0 radical (unpaired) electrons. The fraction of sp³-hybridized carbons (Fsp3) is 0.909. The van der Waals surface area contributed by atoms with E-state index in [1.807, 2.05) is 13.8 Å². The maximum atomic E-state index is 12.1. The Labute approximate surface area is 98.5 Å². The van der Waals surface area contributed by atoms with Crippen LogP contribution in [0.25, 0.3) is 0 Å². The van der Waals surface area contributed by atoms with Gasteiger partial charge in [0, 0.05) is 5.92 Å². The number of hydrogen-bond acceptors (Lipinski definition) is 3. The van der Waals surface area contributed by atoms with Gasteiger partial charge in [-0.1, -0.05) is 20.8 Å².